The van der Waals surface area contributed by atoms with Gasteiger partial charge in [0.15, 0.2) is 0 Å². The van der Waals surface area contributed by atoms with Gasteiger partial charge in [-0.2, -0.15) is 0 Å². The number of rotatable bonds is 3. The van der Waals surface area contributed by atoms with Gasteiger partial charge in [-0.15, -0.1) is 11.8 Å². The van der Waals surface area contributed by atoms with Crippen LogP contribution >= 0.6 is 0 Å². The molecule has 0 heterocycles. The van der Waals surface area contributed by atoms with Crippen LogP contribution in [0.2, 0.25) is 0 Å². The van der Waals surface area contributed by atoms with Crippen LogP contribution in [-0.2, 0) is 0 Å². The SMILES string of the molecule is CC#CCCCC1=CC2C=CC1C2. The Balaban J connectivity index is 1.77. The zero-order chi connectivity index (χ0) is 9.10. The fourth-order valence-corrected chi connectivity index (χ4v) is 2.30. The van der Waals surface area contributed by atoms with Crippen molar-refractivity contribution in [1.82, 2.24) is 0 Å². The van der Waals surface area contributed by atoms with Crippen molar-refractivity contribution in [2.45, 2.75) is 32.6 Å². The molecule has 0 fully saturated rings. The molecule has 0 spiro atoms. The summed E-state index contributed by atoms with van der Waals surface area (Å²) >= 11 is 0. The molecule has 0 aromatic carbocycles. The average molecular weight is 172 g/mol. The van der Waals surface area contributed by atoms with Crippen LogP contribution in [-0.4, -0.2) is 0 Å². The molecule has 0 saturated heterocycles. The second kappa shape index (κ2) is 3.83. The standard InChI is InChI=1S/C13H16/c1-2-3-4-5-6-12-9-11-7-8-13(12)10-11/h7-9,11,13H,4-6,10H2,1H3. The summed E-state index contributed by atoms with van der Waals surface area (Å²) < 4.78 is 0. The molecule has 2 atom stereocenters. The predicted octanol–water partition coefficient (Wildman–Crippen LogP) is 3.31. The van der Waals surface area contributed by atoms with Gasteiger partial charge in [-0.25, -0.2) is 0 Å². The van der Waals surface area contributed by atoms with Crippen LogP contribution in [0.15, 0.2) is 23.8 Å². The van der Waals surface area contributed by atoms with Gasteiger partial charge in [0.25, 0.3) is 0 Å². The Labute approximate surface area is 80.7 Å². The summed E-state index contributed by atoms with van der Waals surface area (Å²) in [4.78, 5) is 0. The molecule has 0 aromatic rings. The summed E-state index contributed by atoms with van der Waals surface area (Å²) in [5.41, 5.74) is 1.67. The molecule has 0 aliphatic heterocycles. The minimum atomic E-state index is 0.775. The third kappa shape index (κ3) is 1.86. The van der Waals surface area contributed by atoms with E-state index in [9.17, 15) is 0 Å². The molecule has 2 aliphatic carbocycles. The number of hydrogen-bond acceptors (Lipinski definition) is 0. The Morgan fingerprint density at radius 2 is 2.38 bits per heavy atom. The van der Waals surface area contributed by atoms with Gasteiger partial charge in [-0.05, 0) is 38.0 Å². The molecule has 2 aliphatic rings. The van der Waals surface area contributed by atoms with Gasteiger partial charge in [0.2, 0.25) is 0 Å². The van der Waals surface area contributed by atoms with Crippen LogP contribution in [0.1, 0.15) is 32.6 Å². The second-order valence-corrected chi connectivity index (χ2v) is 3.91. The number of unbranched alkanes of at least 4 members (excludes halogenated alkanes) is 1. The Kier molecular flexibility index (Phi) is 2.54. The molecule has 0 amide bonds. The van der Waals surface area contributed by atoms with Crippen LogP contribution in [0.4, 0.5) is 0 Å². The summed E-state index contributed by atoms with van der Waals surface area (Å²) in [5.74, 6) is 7.63. The lowest BCUT2D eigenvalue weighted by atomic mass is 9.98. The zero-order valence-electron chi connectivity index (χ0n) is 8.22. The predicted molar refractivity (Wildman–Crippen MR) is 56.1 cm³/mol. The van der Waals surface area contributed by atoms with Gasteiger partial charge >= 0.3 is 0 Å². The highest BCUT2D eigenvalue weighted by Crippen LogP contribution is 2.40. The van der Waals surface area contributed by atoms with Crippen LogP contribution in [0.5, 0.6) is 0 Å². The third-order valence-corrected chi connectivity index (χ3v) is 2.97. The summed E-state index contributed by atoms with van der Waals surface area (Å²) in [5, 5.41) is 0. The molecule has 0 nitrogen and oxygen atoms in total. The minimum Gasteiger partial charge on any atom is -0.107 e. The van der Waals surface area contributed by atoms with Crippen molar-refractivity contribution in [1.29, 1.82) is 0 Å². The molecule has 0 radical (unpaired) electrons. The summed E-state index contributed by atoms with van der Waals surface area (Å²) in [7, 11) is 0. The van der Waals surface area contributed by atoms with Crippen LogP contribution < -0.4 is 0 Å². The fraction of sp³-hybridized carbons (Fsp3) is 0.538. The summed E-state index contributed by atoms with van der Waals surface area (Å²) in [6, 6.07) is 0. The first-order chi connectivity index (χ1) is 6.40. The second-order valence-electron chi connectivity index (χ2n) is 3.91. The quantitative estimate of drug-likeness (QED) is 0.348. The van der Waals surface area contributed by atoms with E-state index in [0.717, 1.165) is 18.3 Å². The largest absolute Gasteiger partial charge is 0.107 e. The number of allylic oxidation sites excluding steroid dienone is 4. The summed E-state index contributed by atoms with van der Waals surface area (Å²) in [6.45, 7) is 1.92. The van der Waals surface area contributed by atoms with Gasteiger partial charge in [0.05, 0.1) is 0 Å². The normalized spacial score (nSPS) is 28.5. The van der Waals surface area contributed by atoms with E-state index in [1.54, 1.807) is 5.57 Å². The maximum Gasteiger partial charge on any atom is 0.00916 e. The van der Waals surface area contributed by atoms with E-state index in [4.69, 9.17) is 0 Å². The lowest BCUT2D eigenvalue weighted by Gasteiger charge is -2.07. The van der Waals surface area contributed by atoms with Crippen LogP contribution in [0.25, 0.3) is 0 Å². The molecule has 13 heavy (non-hydrogen) atoms. The first kappa shape index (κ1) is 8.63. The van der Waals surface area contributed by atoms with Gasteiger partial charge in [0, 0.05) is 6.42 Å². The first-order valence-corrected chi connectivity index (χ1v) is 5.18. The lowest BCUT2D eigenvalue weighted by Crippen LogP contribution is -1.93. The highest BCUT2D eigenvalue weighted by atomic mass is 14.3. The van der Waals surface area contributed by atoms with Crippen molar-refractivity contribution in [3.63, 3.8) is 0 Å². The molecular formula is C13H16. The number of fused-ring (bicyclic) bond motifs is 2. The maximum absolute atomic E-state index is 3.12. The molecule has 2 rings (SSSR count). The van der Waals surface area contributed by atoms with Crippen molar-refractivity contribution in [2.24, 2.45) is 11.8 Å². The molecular weight excluding hydrogens is 156 g/mol. The van der Waals surface area contributed by atoms with Crippen molar-refractivity contribution in [3.8, 4) is 11.8 Å². The monoisotopic (exact) mass is 172 g/mol. The smallest absolute Gasteiger partial charge is 0.00916 e. The molecule has 0 N–H and O–H groups in total. The van der Waals surface area contributed by atoms with E-state index in [1.807, 2.05) is 6.92 Å². The number of hydrogen-bond donors (Lipinski definition) is 0. The highest BCUT2D eigenvalue weighted by Gasteiger charge is 2.26. The van der Waals surface area contributed by atoms with Gasteiger partial charge in [-0.1, -0.05) is 23.8 Å². The third-order valence-electron chi connectivity index (χ3n) is 2.97. The Morgan fingerprint density at radius 1 is 1.46 bits per heavy atom. The van der Waals surface area contributed by atoms with E-state index >= 15 is 0 Å². The zero-order valence-corrected chi connectivity index (χ0v) is 8.22. The molecule has 68 valence electrons. The van der Waals surface area contributed by atoms with Crippen LogP contribution in [0, 0.1) is 23.7 Å². The van der Waals surface area contributed by atoms with E-state index < -0.39 is 0 Å². The van der Waals surface area contributed by atoms with Crippen molar-refractivity contribution < 1.29 is 0 Å². The topological polar surface area (TPSA) is 0 Å². The van der Waals surface area contributed by atoms with E-state index in [-0.39, 0.29) is 0 Å². The molecule has 0 saturated carbocycles. The molecule has 0 heteroatoms. The average Bonchev–Trinajstić information content (AvgIpc) is 2.73. The van der Waals surface area contributed by atoms with Crippen LogP contribution in [0.3, 0.4) is 0 Å². The van der Waals surface area contributed by atoms with Gasteiger partial charge < -0.3 is 0 Å². The van der Waals surface area contributed by atoms with Crippen molar-refractivity contribution in [2.75, 3.05) is 0 Å². The van der Waals surface area contributed by atoms with Crippen molar-refractivity contribution in [3.05, 3.63) is 23.8 Å². The first-order valence-electron chi connectivity index (χ1n) is 5.18. The Bertz CT molecular complexity index is 296. The fourth-order valence-electron chi connectivity index (χ4n) is 2.30. The molecule has 0 aromatic heterocycles. The highest BCUT2D eigenvalue weighted by molar-refractivity contribution is 5.29. The van der Waals surface area contributed by atoms with E-state index in [1.165, 1.54) is 19.3 Å². The molecule has 2 unspecified atom stereocenters. The minimum absolute atomic E-state index is 0.775. The maximum atomic E-state index is 3.12. The molecule has 2 bridgehead atoms. The lowest BCUT2D eigenvalue weighted by molar-refractivity contribution is 0.681. The summed E-state index contributed by atoms with van der Waals surface area (Å²) in [6.07, 6.45) is 12.1. The van der Waals surface area contributed by atoms with Crippen molar-refractivity contribution >= 4 is 0 Å². The van der Waals surface area contributed by atoms with E-state index in [0.29, 0.717) is 0 Å². The Hall–Kier alpha value is -0.960. The Morgan fingerprint density at radius 3 is 3.00 bits per heavy atom. The van der Waals surface area contributed by atoms with E-state index in [2.05, 4.69) is 30.1 Å². The van der Waals surface area contributed by atoms with Gasteiger partial charge in [0.1, 0.15) is 0 Å². The van der Waals surface area contributed by atoms with Gasteiger partial charge in [-0.3, -0.25) is 0 Å².